The van der Waals surface area contributed by atoms with Crippen molar-refractivity contribution in [1.82, 2.24) is 20.3 Å². The van der Waals surface area contributed by atoms with Gasteiger partial charge in [0, 0.05) is 12.1 Å². The van der Waals surface area contributed by atoms with Gasteiger partial charge in [-0.25, -0.2) is 4.68 Å². The molecule has 0 radical (unpaired) electrons. The number of carbonyl (C=O) groups is 1. The SMILES string of the molecule is Cc1cc(-c2cc(=O)n(CC(=O)NCCOc3ccccc3)nc2-c2ccco2)on1. The summed E-state index contributed by atoms with van der Waals surface area (Å²) in [5.74, 6) is 1.19. The fraction of sp³-hybridized carbons (Fsp3) is 0.182. The largest absolute Gasteiger partial charge is 0.492 e. The summed E-state index contributed by atoms with van der Waals surface area (Å²) in [5.41, 5.74) is 1.03. The van der Waals surface area contributed by atoms with Crippen LogP contribution in [0.15, 0.2) is 74.6 Å². The van der Waals surface area contributed by atoms with E-state index in [-0.39, 0.29) is 12.5 Å². The molecule has 0 aliphatic heterocycles. The Balaban J connectivity index is 1.47. The minimum atomic E-state index is -0.449. The molecule has 3 aromatic heterocycles. The van der Waals surface area contributed by atoms with Crippen LogP contribution in [0.2, 0.25) is 0 Å². The Labute approximate surface area is 177 Å². The van der Waals surface area contributed by atoms with E-state index in [1.54, 1.807) is 25.1 Å². The lowest BCUT2D eigenvalue weighted by Crippen LogP contribution is -2.35. The first-order valence-corrected chi connectivity index (χ1v) is 9.64. The average molecular weight is 420 g/mol. The third-order valence-electron chi connectivity index (χ3n) is 4.38. The van der Waals surface area contributed by atoms with E-state index in [0.29, 0.717) is 41.6 Å². The van der Waals surface area contributed by atoms with Crippen LogP contribution in [0.5, 0.6) is 5.75 Å². The zero-order chi connectivity index (χ0) is 21.6. The van der Waals surface area contributed by atoms with E-state index < -0.39 is 5.56 Å². The van der Waals surface area contributed by atoms with Gasteiger partial charge >= 0.3 is 0 Å². The summed E-state index contributed by atoms with van der Waals surface area (Å²) in [6, 6.07) is 15.8. The minimum absolute atomic E-state index is 0.242. The van der Waals surface area contributed by atoms with Crippen molar-refractivity contribution >= 4 is 5.91 Å². The summed E-state index contributed by atoms with van der Waals surface area (Å²) in [6.45, 7) is 2.14. The van der Waals surface area contributed by atoms with Gasteiger partial charge in [0.2, 0.25) is 5.91 Å². The number of aromatic nitrogens is 3. The molecule has 9 heteroatoms. The van der Waals surface area contributed by atoms with Gasteiger partial charge in [-0.1, -0.05) is 23.4 Å². The van der Waals surface area contributed by atoms with Crippen LogP contribution in [0, 0.1) is 6.92 Å². The van der Waals surface area contributed by atoms with E-state index in [4.69, 9.17) is 13.7 Å². The number of amides is 1. The van der Waals surface area contributed by atoms with Crippen molar-refractivity contribution < 1.29 is 18.5 Å². The topological polar surface area (TPSA) is 112 Å². The molecule has 0 saturated carbocycles. The van der Waals surface area contributed by atoms with Gasteiger partial charge in [0.05, 0.1) is 24.1 Å². The van der Waals surface area contributed by atoms with Crippen LogP contribution in [-0.2, 0) is 11.3 Å². The van der Waals surface area contributed by atoms with Crippen LogP contribution in [0.4, 0.5) is 0 Å². The Morgan fingerprint density at radius 3 is 2.68 bits per heavy atom. The number of aryl methyl sites for hydroxylation is 1. The highest BCUT2D eigenvalue weighted by molar-refractivity contribution is 5.77. The molecule has 0 aliphatic carbocycles. The molecule has 4 rings (SSSR count). The number of para-hydroxylation sites is 1. The van der Waals surface area contributed by atoms with E-state index in [9.17, 15) is 9.59 Å². The molecule has 0 unspecified atom stereocenters. The molecule has 158 valence electrons. The number of ether oxygens (including phenoxy) is 1. The van der Waals surface area contributed by atoms with Crippen molar-refractivity contribution in [3.63, 3.8) is 0 Å². The minimum Gasteiger partial charge on any atom is -0.492 e. The summed E-state index contributed by atoms with van der Waals surface area (Å²) in [6.07, 6.45) is 1.50. The number of furan rings is 1. The normalized spacial score (nSPS) is 10.7. The van der Waals surface area contributed by atoms with Gasteiger partial charge in [0.15, 0.2) is 11.5 Å². The fourth-order valence-electron chi connectivity index (χ4n) is 2.95. The molecule has 4 aromatic rings. The van der Waals surface area contributed by atoms with Crippen molar-refractivity contribution in [2.45, 2.75) is 13.5 Å². The van der Waals surface area contributed by atoms with E-state index in [0.717, 1.165) is 10.4 Å². The molecule has 1 N–H and O–H groups in total. The second-order valence-electron chi connectivity index (χ2n) is 6.72. The Bertz CT molecular complexity index is 1210. The lowest BCUT2D eigenvalue weighted by atomic mass is 10.1. The maximum atomic E-state index is 12.6. The smallest absolute Gasteiger partial charge is 0.268 e. The van der Waals surface area contributed by atoms with Crippen LogP contribution in [0.25, 0.3) is 22.8 Å². The fourth-order valence-corrected chi connectivity index (χ4v) is 2.95. The van der Waals surface area contributed by atoms with Gasteiger partial charge in [0.25, 0.3) is 5.56 Å². The monoisotopic (exact) mass is 420 g/mol. The van der Waals surface area contributed by atoms with Crippen LogP contribution < -0.4 is 15.6 Å². The molecule has 31 heavy (non-hydrogen) atoms. The van der Waals surface area contributed by atoms with E-state index in [1.807, 2.05) is 30.3 Å². The van der Waals surface area contributed by atoms with Gasteiger partial charge in [0.1, 0.15) is 24.6 Å². The van der Waals surface area contributed by atoms with Crippen molar-refractivity contribution in [3.8, 4) is 28.5 Å². The molecule has 0 saturated heterocycles. The first-order valence-electron chi connectivity index (χ1n) is 9.64. The number of rotatable bonds is 8. The van der Waals surface area contributed by atoms with Crippen molar-refractivity contribution in [2.75, 3.05) is 13.2 Å². The van der Waals surface area contributed by atoms with Crippen LogP contribution in [-0.4, -0.2) is 34.0 Å². The lowest BCUT2D eigenvalue weighted by Gasteiger charge is -2.10. The molecule has 0 atom stereocenters. The Morgan fingerprint density at radius 2 is 1.97 bits per heavy atom. The van der Waals surface area contributed by atoms with Crippen LogP contribution >= 0.6 is 0 Å². The van der Waals surface area contributed by atoms with Gasteiger partial charge in [-0.05, 0) is 31.2 Å². The van der Waals surface area contributed by atoms with E-state index in [1.165, 1.54) is 12.3 Å². The lowest BCUT2D eigenvalue weighted by molar-refractivity contribution is -0.122. The highest BCUT2D eigenvalue weighted by Crippen LogP contribution is 2.29. The zero-order valence-corrected chi connectivity index (χ0v) is 16.8. The third kappa shape index (κ3) is 4.89. The predicted molar refractivity (Wildman–Crippen MR) is 111 cm³/mol. The number of nitrogens with one attached hydrogen (secondary N) is 1. The number of benzene rings is 1. The third-order valence-corrected chi connectivity index (χ3v) is 4.38. The molecule has 0 spiro atoms. The number of hydrogen-bond donors (Lipinski definition) is 1. The number of nitrogens with zero attached hydrogens (tertiary/aromatic N) is 3. The van der Waals surface area contributed by atoms with Crippen LogP contribution in [0.1, 0.15) is 5.69 Å². The highest BCUT2D eigenvalue weighted by Gasteiger charge is 2.19. The van der Waals surface area contributed by atoms with Gasteiger partial charge in [-0.15, -0.1) is 0 Å². The van der Waals surface area contributed by atoms with Crippen molar-refractivity contribution in [2.24, 2.45) is 0 Å². The molecule has 9 nitrogen and oxygen atoms in total. The summed E-state index contributed by atoms with van der Waals surface area (Å²) >= 11 is 0. The molecule has 1 aromatic carbocycles. The van der Waals surface area contributed by atoms with Crippen LogP contribution in [0.3, 0.4) is 0 Å². The molecule has 1 amide bonds. The maximum absolute atomic E-state index is 12.6. The molecule has 3 heterocycles. The zero-order valence-electron chi connectivity index (χ0n) is 16.8. The summed E-state index contributed by atoms with van der Waals surface area (Å²) < 4.78 is 17.4. The average Bonchev–Trinajstić information content (AvgIpc) is 3.45. The summed E-state index contributed by atoms with van der Waals surface area (Å²) in [5, 5.41) is 10.9. The summed E-state index contributed by atoms with van der Waals surface area (Å²) in [4.78, 5) is 24.9. The molecular formula is C22H20N4O5. The maximum Gasteiger partial charge on any atom is 0.268 e. The van der Waals surface area contributed by atoms with Gasteiger partial charge in [-0.2, -0.15) is 5.10 Å². The molecule has 0 aliphatic rings. The van der Waals surface area contributed by atoms with Crippen molar-refractivity contribution in [1.29, 1.82) is 0 Å². The molecular weight excluding hydrogens is 400 g/mol. The van der Waals surface area contributed by atoms with E-state index in [2.05, 4.69) is 15.6 Å². The Kier molecular flexibility index (Phi) is 5.93. The van der Waals surface area contributed by atoms with Gasteiger partial charge < -0.3 is 19.0 Å². The van der Waals surface area contributed by atoms with E-state index >= 15 is 0 Å². The second kappa shape index (κ2) is 9.12. The number of hydrogen-bond acceptors (Lipinski definition) is 7. The molecule has 0 bridgehead atoms. The molecule has 0 fully saturated rings. The van der Waals surface area contributed by atoms with Crippen molar-refractivity contribution in [3.05, 3.63) is 76.9 Å². The first kappa shape index (κ1) is 20.1. The highest BCUT2D eigenvalue weighted by atomic mass is 16.5. The Hall–Kier alpha value is -4.14. The van der Waals surface area contributed by atoms with Gasteiger partial charge in [-0.3, -0.25) is 9.59 Å². The Morgan fingerprint density at radius 1 is 1.13 bits per heavy atom. The first-order chi connectivity index (χ1) is 15.1. The number of carbonyl (C=O) groups excluding carboxylic acids is 1. The standard InChI is InChI=1S/C22H20N4O5/c1-15-12-19(31-25-15)17-13-21(28)26(24-22(17)18-8-5-10-30-18)14-20(27)23-9-11-29-16-6-3-2-4-7-16/h2-8,10,12-13H,9,11,14H2,1H3,(H,23,27). The predicted octanol–water partition coefficient (Wildman–Crippen LogP) is 2.66. The second-order valence-corrected chi connectivity index (χ2v) is 6.72. The quantitative estimate of drug-likeness (QED) is 0.436. The summed E-state index contributed by atoms with van der Waals surface area (Å²) in [7, 11) is 0.